The van der Waals surface area contributed by atoms with Gasteiger partial charge >= 0.3 is 0 Å². The minimum atomic E-state index is -0.489. The van der Waals surface area contributed by atoms with E-state index in [0.29, 0.717) is 22.0 Å². The van der Waals surface area contributed by atoms with Crippen molar-refractivity contribution in [1.29, 1.82) is 0 Å². The highest BCUT2D eigenvalue weighted by molar-refractivity contribution is 6.46. The monoisotopic (exact) mass is 448 g/mol. The minimum Gasteiger partial charge on any atom is -0.350 e. The van der Waals surface area contributed by atoms with Crippen LogP contribution in [-0.2, 0) is 15.0 Å². The fourth-order valence-electron chi connectivity index (χ4n) is 3.55. The summed E-state index contributed by atoms with van der Waals surface area (Å²) in [4.78, 5) is 27.8. The van der Waals surface area contributed by atoms with Crippen molar-refractivity contribution in [3.05, 3.63) is 100 Å². The predicted octanol–water partition coefficient (Wildman–Crippen LogP) is 6.17. The van der Waals surface area contributed by atoms with Crippen molar-refractivity contribution in [1.82, 2.24) is 0 Å². The Labute approximate surface area is 191 Å². The number of carbonyl (C=O) groups is 2. The van der Waals surface area contributed by atoms with E-state index in [0.717, 1.165) is 10.5 Å². The maximum atomic E-state index is 13.5. The molecule has 0 bridgehead atoms. The number of amides is 2. The van der Waals surface area contributed by atoms with Crippen molar-refractivity contribution >= 4 is 40.4 Å². The molecule has 3 aromatic carbocycles. The number of nitrogens with zero attached hydrogens (tertiary/aromatic N) is 1. The number of halogens is 2. The molecule has 1 heterocycles. The second kappa shape index (κ2) is 8.24. The molecule has 0 saturated heterocycles. The molecule has 0 spiro atoms. The summed E-state index contributed by atoms with van der Waals surface area (Å²) in [5, 5.41) is 3.62. The Balaban J connectivity index is 1.77. The number of rotatable bonds is 4. The Morgan fingerprint density at radius 2 is 1.41 bits per heavy atom. The third kappa shape index (κ3) is 4.16. The van der Waals surface area contributed by atoms with Gasteiger partial charge in [-0.3, -0.25) is 9.59 Å². The smallest absolute Gasteiger partial charge is 0.282 e. The molecule has 4 nitrogen and oxygen atoms in total. The summed E-state index contributed by atoms with van der Waals surface area (Å²) in [6.07, 6.45) is 0. The van der Waals surface area contributed by atoms with E-state index in [-0.39, 0.29) is 16.7 Å². The van der Waals surface area contributed by atoms with Crippen LogP contribution in [0.5, 0.6) is 0 Å². The average molecular weight is 449 g/mol. The molecule has 0 fully saturated rings. The van der Waals surface area contributed by atoms with E-state index in [1.165, 1.54) is 24.3 Å². The second-order valence-electron chi connectivity index (χ2n) is 8.63. The van der Waals surface area contributed by atoms with Gasteiger partial charge in [-0.05, 0) is 65.1 Å². The van der Waals surface area contributed by atoms with E-state index in [2.05, 4.69) is 26.1 Å². The van der Waals surface area contributed by atoms with E-state index in [1.54, 1.807) is 24.3 Å². The van der Waals surface area contributed by atoms with Crippen LogP contribution >= 0.6 is 11.6 Å². The van der Waals surface area contributed by atoms with Crippen molar-refractivity contribution < 1.29 is 14.0 Å². The fraction of sp³-hybridized carbons (Fsp3) is 0.154. The lowest BCUT2D eigenvalue weighted by Gasteiger charge is -2.19. The summed E-state index contributed by atoms with van der Waals surface area (Å²) >= 11 is 5.96. The van der Waals surface area contributed by atoms with Crippen LogP contribution in [0, 0.1) is 5.82 Å². The Hall–Kier alpha value is -3.44. The Kier molecular flexibility index (Phi) is 5.61. The molecule has 162 valence electrons. The van der Waals surface area contributed by atoms with Gasteiger partial charge in [0, 0.05) is 10.7 Å². The highest BCUT2D eigenvalue weighted by Gasteiger charge is 2.40. The quantitative estimate of drug-likeness (QED) is 0.485. The van der Waals surface area contributed by atoms with Crippen LogP contribution in [0.3, 0.4) is 0 Å². The normalized spacial score (nSPS) is 14.3. The molecule has 3 aromatic rings. The van der Waals surface area contributed by atoms with Crippen LogP contribution in [0.15, 0.2) is 78.5 Å². The van der Waals surface area contributed by atoms with E-state index < -0.39 is 17.6 Å². The first-order valence-electron chi connectivity index (χ1n) is 10.2. The number of benzene rings is 3. The van der Waals surface area contributed by atoms with Crippen molar-refractivity contribution in [2.24, 2.45) is 0 Å². The van der Waals surface area contributed by atoms with Gasteiger partial charge in [0.1, 0.15) is 11.5 Å². The topological polar surface area (TPSA) is 49.4 Å². The van der Waals surface area contributed by atoms with E-state index in [1.807, 2.05) is 24.3 Å². The van der Waals surface area contributed by atoms with Gasteiger partial charge in [-0.25, -0.2) is 9.29 Å². The molecule has 4 rings (SSSR count). The largest absolute Gasteiger partial charge is 0.350 e. The number of imide groups is 1. The molecule has 0 unspecified atom stereocenters. The van der Waals surface area contributed by atoms with E-state index in [9.17, 15) is 14.0 Å². The predicted molar refractivity (Wildman–Crippen MR) is 126 cm³/mol. The van der Waals surface area contributed by atoms with Crippen molar-refractivity contribution in [2.75, 3.05) is 10.2 Å². The molecule has 2 amide bonds. The van der Waals surface area contributed by atoms with Gasteiger partial charge in [0.05, 0.1) is 11.3 Å². The molecule has 0 aromatic heterocycles. The van der Waals surface area contributed by atoms with Gasteiger partial charge in [0.15, 0.2) is 0 Å². The SMILES string of the molecule is CC(C)(C)c1ccc(NC2=C(c3ccc(F)cc3)C(=O)N(c3ccc(Cl)cc3)C2=O)cc1. The second-order valence-corrected chi connectivity index (χ2v) is 9.07. The molecule has 32 heavy (non-hydrogen) atoms. The molecule has 0 atom stereocenters. The molecular formula is C26H22ClFN2O2. The van der Waals surface area contributed by atoms with Crippen LogP contribution in [0.1, 0.15) is 31.9 Å². The standard InChI is InChI=1S/C26H22ClFN2O2/c1-26(2,3)17-6-12-20(13-7-17)29-23-22(16-4-10-19(28)11-5-16)24(31)30(25(23)32)21-14-8-18(27)9-15-21/h4-15,29H,1-3H3. The summed E-state index contributed by atoms with van der Waals surface area (Å²) in [6.45, 7) is 6.36. The zero-order valence-corrected chi connectivity index (χ0v) is 18.7. The Morgan fingerprint density at radius 1 is 0.812 bits per heavy atom. The van der Waals surface area contributed by atoms with Crippen LogP contribution in [0.4, 0.5) is 15.8 Å². The van der Waals surface area contributed by atoms with Gasteiger partial charge in [-0.15, -0.1) is 0 Å². The lowest BCUT2D eigenvalue weighted by atomic mass is 9.87. The first kappa shape index (κ1) is 21.8. The van der Waals surface area contributed by atoms with Gasteiger partial charge in [-0.2, -0.15) is 0 Å². The number of hydrogen-bond acceptors (Lipinski definition) is 3. The van der Waals surface area contributed by atoms with Crippen molar-refractivity contribution in [3.63, 3.8) is 0 Å². The molecule has 1 aliphatic heterocycles. The fourth-order valence-corrected chi connectivity index (χ4v) is 3.68. The highest BCUT2D eigenvalue weighted by atomic mass is 35.5. The molecule has 0 saturated carbocycles. The molecule has 6 heteroatoms. The molecule has 0 aliphatic carbocycles. The number of carbonyl (C=O) groups excluding carboxylic acids is 2. The molecule has 0 radical (unpaired) electrons. The van der Waals surface area contributed by atoms with Gasteiger partial charge in [0.2, 0.25) is 0 Å². The maximum Gasteiger partial charge on any atom is 0.282 e. The van der Waals surface area contributed by atoms with Gasteiger partial charge in [-0.1, -0.05) is 56.6 Å². The number of hydrogen-bond donors (Lipinski definition) is 1. The third-order valence-corrected chi connectivity index (χ3v) is 5.57. The van der Waals surface area contributed by atoms with Crippen molar-refractivity contribution in [2.45, 2.75) is 26.2 Å². The lowest BCUT2D eigenvalue weighted by Crippen LogP contribution is -2.32. The summed E-state index contributed by atoms with van der Waals surface area (Å²) in [7, 11) is 0. The average Bonchev–Trinajstić information content (AvgIpc) is 2.99. The summed E-state index contributed by atoms with van der Waals surface area (Å²) in [5.41, 5.74) is 2.99. The first-order chi connectivity index (χ1) is 15.1. The summed E-state index contributed by atoms with van der Waals surface area (Å²) in [6, 6.07) is 19.7. The lowest BCUT2D eigenvalue weighted by molar-refractivity contribution is -0.120. The van der Waals surface area contributed by atoms with E-state index >= 15 is 0 Å². The van der Waals surface area contributed by atoms with Crippen molar-refractivity contribution in [3.8, 4) is 0 Å². The highest BCUT2D eigenvalue weighted by Crippen LogP contribution is 2.34. The van der Waals surface area contributed by atoms with Crippen LogP contribution < -0.4 is 10.2 Å². The Morgan fingerprint density at radius 3 is 1.97 bits per heavy atom. The van der Waals surface area contributed by atoms with Crippen LogP contribution in [-0.4, -0.2) is 11.8 Å². The maximum absolute atomic E-state index is 13.5. The molecule has 1 N–H and O–H groups in total. The molecular weight excluding hydrogens is 427 g/mol. The summed E-state index contributed by atoms with van der Waals surface area (Å²) in [5.74, 6) is -1.40. The first-order valence-corrected chi connectivity index (χ1v) is 10.5. The van der Waals surface area contributed by atoms with Crippen LogP contribution in [0.25, 0.3) is 5.57 Å². The minimum absolute atomic E-state index is 0.0123. The number of anilines is 2. The molecule has 1 aliphatic rings. The van der Waals surface area contributed by atoms with E-state index in [4.69, 9.17) is 11.6 Å². The summed E-state index contributed by atoms with van der Waals surface area (Å²) < 4.78 is 13.5. The van der Waals surface area contributed by atoms with Crippen LogP contribution in [0.2, 0.25) is 5.02 Å². The third-order valence-electron chi connectivity index (χ3n) is 5.32. The zero-order chi connectivity index (χ0) is 23.0. The zero-order valence-electron chi connectivity index (χ0n) is 17.9. The van der Waals surface area contributed by atoms with Gasteiger partial charge < -0.3 is 5.32 Å². The number of nitrogens with one attached hydrogen (secondary N) is 1. The Bertz CT molecular complexity index is 1210. The van der Waals surface area contributed by atoms with Gasteiger partial charge in [0.25, 0.3) is 11.8 Å².